The fraction of sp³-hybridized carbons (Fsp3) is 0.412. The van der Waals surface area contributed by atoms with Crippen molar-refractivity contribution in [1.82, 2.24) is 9.88 Å². The van der Waals surface area contributed by atoms with Crippen LogP contribution in [0.3, 0.4) is 0 Å². The standard InChI is InChI=1S/C17H20FN3O2/c18-14-6-2-1-5-13(14)15-11-20-16(23-15)7-8-17(22)21-9-3-4-12(21)10-19/h1-2,5-6,11-12H,3-4,7-10,19H2. The Morgan fingerprint density at radius 2 is 2.26 bits per heavy atom. The molecule has 1 aromatic carbocycles. The number of likely N-dealkylation sites (tertiary alicyclic amines) is 1. The van der Waals surface area contributed by atoms with E-state index in [2.05, 4.69) is 4.98 Å². The Bertz CT molecular complexity index is 686. The van der Waals surface area contributed by atoms with Crippen LogP contribution in [0.25, 0.3) is 11.3 Å². The number of amides is 1. The van der Waals surface area contributed by atoms with Crippen molar-refractivity contribution in [2.45, 2.75) is 31.7 Å². The summed E-state index contributed by atoms with van der Waals surface area (Å²) in [5, 5.41) is 0. The molecular weight excluding hydrogens is 297 g/mol. The van der Waals surface area contributed by atoms with Gasteiger partial charge in [0.2, 0.25) is 5.91 Å². The van der Waals surface area contributed by atoms with Crippen LogP contribution in [0, 0.1) is 5.82 Å². The second-order valence-electron chi connectivity index (χ2n) is 5.72. The monoisotopic (exact) mass is 317 g/mol. The zero-order chi connectivity index (χ0) is 16.2. The van der Waals surface area contributed by atoms with Crippen LogP contribution in [0.5, 0.6) is 0 Å². The number of aryl methyl sites for hydroxylation is 1. The van der Waals surface area contributed by atoms with Gasteiger partial charge in [0, 0.05) is 32.0 Å². The summed E-state index contributed by atoms with van der Waals surface area (Å²) < 4.78 is 19.3. The van der Waals surface area contributed by atoms with Crippen LogP contribution in [0.15, 0.2) is 34.9 Å². The zero-order valence-corrected chi connectivity index (χ0v) is 12.9. The first kappa shape index (κ1) is 15.7. The number of carbonyl (C=O) groups is 1. The molecule has 0 spiro atoms. The predicted molar refractivity (Wildman–Crippen MR) is 84.0 cm³/mol. The third-order valence-electron chi connectivity index (χ3n) is 4.22. The first-order chi connectivity index (χ1) is 11.2. The molecule has 1 amide bonds. The van der Waals surface area contributed by atoms with Crippen molar-refractivity contribution in [2.75, 3.05) is 13.1 Å². The minimum absolute atomic E-state index is 0.0728. The van der Waals surface area contributed by atoms with Gasteiger partial charge in [0.25, 0.3) is 0 Å². The molecule has 0 saturated carbocycles. The van der Waals surface area contributed by atoms with E-state index in [1.807, 2.05) is 4.90 Å². The molecule has 1 aromatic heterocycles. The first-order valence-electron chi connectivity index (χ1n) is 7.88. The minimum atomic E-state index is -0.353. The number of halogens is 1. The lowest BCUT2D eigenvalue weighted by Crippen LogP contribution is -2.40. The quantitative estimate of drug-likeness (QED) is 0.919. The fourth-order valence-electron chi connectivity index (χ4n) is 2.98. The Morgan fingerprint density at radius 1 is 1.43 bits per heavy atom. The van der Waals surface area contributed by atoms with Gasteiger partial charge in [0.05, 0.1) is 11.8 Å². The van der Waals surface area contributed by atoms with Crippen LogP contribution in [0.1, 0.15) is 25.2 Å². The summed E-state index contributed by atoms with van der Waals surface area (Å²) in [5.41, 5.74) is 6.07. The molecule has 122 valence electrons. The Kier molecular flexibility index (Phi) is 4.71. The van der Waals surface area contributed by atoms with Crippen LogP contribution in [0.2, 0.25) is 0 Å². The number of carbonyl (C=O) groups excluding carboxylic acids is 1. The zero-order valence-electron chi connectivity index (χ0n) is 12.9. The van der Waals surface area contributed by atoms with Gasteiger partial charge in [-0.05, 0) is 25.0 Å². The van der Waals surface area contributed by atoms with E-state index in [1.54, 1.807) is 18.2 Å². The molecule has 1 aliphatic heterocycles. The molecule has 2 aromatic rings. The molecule has 1 unspecified atom stereocenters. The molecule has 1 aliphatic rings. The van der Waals surface area contributed by atoms with Gasteiger partial charge in [0.15, 0.2) is 11.7 Å². The van der Waals surface area contributed by atoms with Crippen LogP contribution in [0.4, 0.5) is 4.39 Å². The Hall–Kier alpha value is -2.21. The lowest BCUT2D eigenvalue weighted by molar-refractivity contribution is -0.131. The van der Waals surface area contributed by atoms with Gasteiger partial charge >= 0.3 is 0 Å². The fourth-order valence-corrected chi connectivity index (χ4v) is 2.98. The van der Waals surface area contributed by atoms with Crippen molar-refractivity contribution in [3.8, 4) is 11.3 Å². The van der Waals surface area contributed by atoms with Crippen LogP contribution >= 0.6 is 0 Å². The number of hydrogen-bond donors (Lipinski definition) is 1. The Labute approximate surface area is 134 Å². The maximum absolute atomic E-state index is 13.7. The SMILES string of the molecule is NCC1CCCN1C(=O)CCc1ncc(-c2ccccc2F)o1. The molecule has 23 heavy (non-hydrogen) atoms. The van der Waals surface area contributed by atoms with Crippen molar-refractivity contribution >= 4 is 5.91 Å². The summed E-state index contributed by atoms with van der Waals surface area (Å²) in [7, 11) is 0. The molecule has 1 atom stereocenters. The van der Waals surface area contributed by atoms with E-state index in [1.165, 1.54) is 12.3 Å². The summed E-state index contributed by atoms with van der Waals surface area (Å²) in [6.45, 7) is 1.27. The third-order valence-corrected chi connectivity index (χ3v) is 4.22. The van der Waals surface area contributed by atoms with Crippen LogP contribution < -0.4 is 5.73 Å². The average molecular weight is 317 g/mol. The summed E-state index contributed by atoms with van der Waals surface area (Å²) in [6.07, 6.45) is 4.20. The summed E-state index contributed by atoms with van der Waals surface area (Å²) >= 11 is 0. The van der Waals surface area contributed by atoms with Crippen molar-refractivity contribution < 1.29 is 13.6 Å². The molecule has 1 saturated heterocycles. The van der Waals surface area contributed by atoms with E-state index in [4.69, 9.17) is 10.2 Å². The second-order valence-corrected chi connectivity index (χ2v) is 5.72. The number of benzene rings is 1. The van der Waals surface area contributed by atoms with Gasteiger partial charge in [-0.3, -0.25) is 4.79 Å². The highest BCUT2D eigenvalue weighted by molar-refractivity contribution is 5.77. The van der Waals surface area contributed by atoms with Crippen molar-refractivity contribution in [3.05, 3.63) is 42.2 Å². The number of nitrogens with two attached hydrogens (primary N) is 1. The van der Waals surface area contributed by atoms with Crippen LogP contribution in [-0.4, -0.2) is 34.9 Å². The number of nitrogens with zero attached hydrogens (tertiary/aromatic N) is 2. The van der Waals surface area contributed by atoms with E-state index in [-0.39, 0.29) is 17.8 Å². The topological polar surface area (TPSA) is 72.4 Å². The largest absolute Gasteiger partial charge is 0.441 e. The van der Waals surface area contributed by atoms with Gasteiger partial charge in [-0.2, -0.15) is 0 Å². The number of hydrogen-bond acceptors (Lipinski definition) is 4. The molecule has 2 heterocycles. The highest BCUT2D eigenvalue weighted by Crippen LogP contribution is 2.24. The molecule has 2 N–H and O–H groups in total. The van der Waals surface area contributed by atoms with Crippen molar-refractivity contribution in [2.24, 2.45) is 5.73 Å². The smallest absolute Gasteiger partial charge is 0.223 e. The van der Waals surface area contributed by atoms with E-state index in [9.17, 15) is 9.18 Å². The number of rotatable bonds is 5. The molecule has 3 rings (SSSR count). The molecule has 6 heteroatoms. The maximum Gasteiger partial charge on any atom is 0.223 e. The summed E-state index contributed by atoms with van der Waals surface area (Å²) in [4.78, 5) is 18.3. The van der Waals surface area contributed by atoms with Gasteiger partial charge in [0.1, 0.15) is 5.82 Å². The molecule has 5 nitrogen and oxygen atoms in total. The van der Waals surface area contributed by atoms with E-state index in [0.717, 1.165) is 19.4 Å². The lowest BCUT2D eigenvalue weighted by atomic mass is 10.2. The van der Waals surface area contributed by atoms with Gasteiger partial charge in [-0.25, -0.2) is 9.37 Å². The third kappa shape index (κ3) is 3.42. The Balaban J connectivity index is 1.61. The maximum atomic E-state index is 13.7. The minimum Gasteiger partial charge on any atom is -0.441 e. The number of oxazole rings is 1. The van der Waals surface area contributed by atoms with Crippen LogP contribution in [-0.2, 0) is 11.2 Å². The molecule has 0 bridgehead atoms. The van der Waals surface area contributed by atoms with Gasteiger partial charge in [-0.1, -0.05) is 12.1 Å². The molecule has 1 fully saturated rings. The van der Waals surface area contributed by atoms with Gasteiger partial charge < -0.3 is 15.1 Å². The van der Waals surface area contributed by atoms with E-state index < -0.39 is 0 Å². The van der Waals surface area contributed by atoms with E-state index >= 15 is 0 Å². The normalized spacial score (nSPS) is 17.7. The summed E-state index contributed by atoms with van der Waals surface area (Å²) in [5.74, 6) is 0.546. The van der Waals surface area contributed by atoms with Crippen molar-refractivity contribution in [1.29, 1.82) is 0 Å². The average Bonchev–Trinajstić information content (AvgIpc) is 3.22. The Morgan fingerprint density at radius 3 is 3.04 bits per heavy atom. The first-order valence-corrected chi connectivity index (χ1v) is 7.88. The van der Waals surface area contributed by atoms with Gasteiger partial charge in [-0.15, -0.1) is 0 Å². The molecular formula is C17H20FN3O2. The van der Waals surface area contributed by atoms with Crippen molar-refractivity contribution in [3.63, 3.8) is 0 Å². The lowest BCUT2D eigenvalue weighted by Gasteiger charge is -2.23. The summed E-state index contributed by atoms with van der Waals surface area (Å²) in [6, 6.07) is 6.53. The number of aromatic nitrogens is 1. The molecule has 0 aliphatic carbocycles. The highest BCUT2D eigenvalue weighted by atomic mass is 19.1. The second kappa shape index (κ2) is 6.91. The van der Waals surface area contributed by atoms with E-state index in [0.29, 0.717) is 36.6 Å². The molecule has 0 radical (unpaired) electrons. The highest BCUT2D eigenvalue weighted by Gasteiger charge is 2.27. The predicted octanol–water partition coefficient (Wildman–Crippen LogP) is 2.36.